The van der Waals surface area contributed by atoms with Crippen molar-refractivity contribution in [1.82, 2.24) is 10.2 Å². The summed E-state index contributed by atoms with van der Waals surface area (Å²) >= 11 is 2.28. The average molecular weight is 440 g/mol. The lowest BCUT2D eigenvalue weighted by molar-refractivity contribution is 0.379. The minimum absolute atomic E-state index is 0.103. The first-order chi connectivity index (χ1) is 12.2. The fraction of sp³-hybridized carbons (Fsp3) is 0.0526. The third-order valence-corrected chi connectivity index (χ3v) is 5.20. The van der Waals surface area contributed by atoms with Crippen LogP contribution < -0.4 is 10.5 Å². The molecule has 1 aliphatic heterocycles. The van der Waals surface area contributed by atoms with E-state index in [1.54, 1.807) is 0 Å². The van der Waals surface area contributed by atoms with Crippen LogP contribution in [0.5, 0.6) is 5.88 Å². The fourth-order valence-electron chi connectivity index (χ4n) is 3.09. The van der Waals surface area contributed by atoms with Gasteiger partial charge in [0.1, 0.15) is 11.6 Å². The molecule has 3 aromatic rings. The number of aromatic nitrogens is 2. The van der Waals surface area contributed by atoms with Gasteiger partial charge in [-0.25, -0.2) is 0 Å². The van der Waals surface area contributed by atoms with Gasteiger partial charge in [0.15, 0.2) is 0 Å². The fourth-order valence-corrected chi connectivity index (χ4v) is 3.79. The smallest absolute Gasteiger partial charge is 0.244 e. The maximum Gasteiger partial charge on any atom is 0.244 e. The highest BCUT2D eigenvalue weighted by molar-refractivity contribution is 14.1. The van der Waals surface area contributed by atoms with Crippen LogP contribution in [0.4, 0.5) is 0 Å². The molecule has 0 amide bonds. The number of nitrogens with two attached hydrogens (primary N) is 1. The molecule has 122 valence electrons. The van der Waals surface area contributed by atoms with Crippen LogP contribution in [0.1, 0.15) is 17.0 Å². The Kier molecular flexibility index (Phi) is 3.93. The Labute approximate surface area is 158 Å². The van der Waals surface area contributed by atoms with Gasteiger partial charge in [0, 0.05) is 3.57 Å². The van der Waals surface area contributed by atoms with E-state index in [4.69, 9.17) is 10.5 Å². The zero-order chi connectivity index (χ0) is 17.4. The molecule has 0 radical (unpaired) electrons. The van der Waals surface area contributed by atoms with Crippen molar-refractivity contribution < 1.29 is 4.74 Å². The molecule has 0 bridgehead atoms. The lowest BCUT2D eigenvalue weighted by Crippen LogP contribution is -2.21. The Balaban J connectivity index is 1.99. The van der Waals surface area contributed by atoms with Gasteiger partial charge in [-0.1, -0.05) is 48.5 Å². The normalized spacial score (nSPS) is 16.1. The Hall–Kier alpha value is -2.79. The molecule has 25 heavy (non-hydrogen) atoms. The molecule has 4 rings (SSSR count). The van der Waals surface area contributed by atoms with Crippen LogP contribution in [0, 0.1) is 14.9 Å². The van der Waals surface area contributed by atoms with E-state index in [0.717, 1.165) is 26.0 Å². The molecule has 0 spiro atoms. The van der Waals surface area contributed by atoms with Crippen LogP contribution >= 0.6 is 22.6 Å². The molecule has 1 aliphatic rings. The molecular formula is C19H13IN4O. The van der Waals surface area contributed by atoms with Gasteiger partial charge in [0.05, 0.1) is 17.2 Å². The molecule has 5 nitrogen and oxygen atoms in total. The summed E-state index contributed by atoms with van der Waals surface area (Å²) < 4.78 is 6.67. The molecule has 6 heteroatoms. The summed E-state index contributed by atoms with van der Waals surface area (Å²) in [5.41, 5.74) is 10.1. The van der Waals surface area contributed by atoms with E-state index >= 15 is 0 Å². The number of rotatable bonds is 2. The van der Waals surface area contributed by atoms with Gasteiger partial charge in [-0.3, -0.25) is 5.10 Å². The van der Waals surface area contributed by atoms with E-state index in [0.29, 0.717) is 11.5 Å². The second kappa shape index (κ2) is 6.26. The summed E-state index contributed by atoms with van der Waals surface area (Å²) in [5, 5.41) is 17.0. The van der Waals surface area contributed by atoms with Gasteiger partial charge in [0.25, 0.3) is 0 Å². The van der Waals surface area contributed by atoms with E-state index < -0.39 is 0 Å². The monoisotopic (exact) mass is 440 g/mol. The van der Waals surface area contributed by atoms with Gasteiger partial charge in [-0.2, -0.15) is 5.26 Å². The largest absolute Gasteiger partial charge is 0.420 e. The molecule has 3 N–H and O–H groups in total. The highest BCUT2D eigenvalue weighted by Crippen LogP contribution is 2.46. The number of benzene rings is 2. The van der Waals surface area contributed by atoms with Crippen molar-refractivity contribution in [2.24, 2.45) is 5.73 Å². The maximum atomic E-state index is 9.71. The van der Waals surface area contributed by atoms with Crippen LogP contribution in [0.3, 0.4) is 0 Å². The van der Waals surface area contributed by atoms with Gasteiger partial charge in [0.2, 0.25) is 11.8 Å². The van der Waals surface area contributed by atoms with Crippen LogP contribution in [0.15, 0.2) is 66.1 Å². The quantitative estimate of drug-likeness (QED) is 0.592. The number of nitrogens with zero attached hydrogens (tertiary/aromatic N) is 2. The van der Waals surface area contributed by atoms with E-state index in [-0.39, 0.29) is 11.8 Å². The van der Waals surface area contributed by atoms with Crippen LogP contribution in [0.25, 0.3) is 11.3 Å². The molecule has 0 fully saturated rings. The summed E-state index contributed by atoms with van der Waals surface area (Å²) in [4.78, 5) is 0. The molecule has 1 unspecified atom stereocenters. The Morgan fingerprint density at radius 3 is 2.56 bits per heavy atom. The van der Waals surface area contributed by atoms with Gasteiger partial charge >= 0.3 is 0 Å². The summed E-state index contributed by atoms with van der Waals surface area (Å²) in [6.07, 6.45) is 0. The first-order valence-corrected chi connectivity index (χ1v) is 8.74. The van der Waals surface area contributed by atoms with Crippen LogP contribution in [-0.2, 0) is 0 Å². The topological polar surface area (TPSA) is 87.7 Å². The third kappa shape index (κ3) is 2.57. The molecule has 2 heterocycles. The van der Waals surface area contributed by atoms with Crippen molar-refractivity contribution in [2.45, 2.75) is 5.92 Å². The second-order valence-corrected chi connectivity index (χ2v) is 6.79. The number of nitrogens with one attached hydrogen (secondary N) is 1. The lowest BCUT2D eigenvalue weighted by atomic mass is 9.83. The lowest BCUT2D eigenvalue weighted by Gasteiger charge is -2.24. The minimum Gasteiger partial charge on any atom is -0.420 e. The predicted molar refractivity (Wildman–Crippen MR) is 102 cm³/mol. The van der Waals surface area contributed by atoms with Crippen molar-refractivity contribution in [3.63, 3.8) is 0 Å². The molecule has 2 aromatic carbocycles. The Morgan fingerprint density at radius 1 is 1.12 bits per heavy atom. The van der Waals surface area contributed by atoms with Crippen molar-refractivity contribution in [3.8, 4) is 23.2 Å². The summed E-state index contributed by atoms with van der Waals surface area (Å²) in [6.45, 7) is 0. The standard InChI is InChI=1S/C19H13IN4O/c20-14-9-5-4-8-12(14)15-13(10-21)18(22)25-19-16(15)17(23-24-19)11-6-2-1-3-7-11/h1-9,15H,22H2,(H,23,24). The third-order valence-electron chi connectivity index (χ3n) is 4.22. The number of aromatic amines is 1. The van der Waals surface area contributed by atoms with Crippen molar-refractivity contribution in [2.75, 3.05) is 0 Å². The van der Waals surface area contributed by atoms with Gasteiger partial charge < -0.3 is 10.5 Å². The zero-order valence-electron chi connectivity index (χ0n) is 13.0. The molecule has 0 saturated heterocycles. The summed E-state index contributed by atoms with van der Waals surface area (Å²) in [6, 6.07) is 20.0. The molecule has 0 aliphatic carbocycles. The van der Waals surface area contributed by atoms with E-state index in [9.17, 15) is 5.26 Å². The van der Waals surface area contributed by atoms with E-state index in [1.165, 1.54) is 0 Å². The SMILES string of the molecule is N#CC1=C(N)Oc2n[nH]c(-c3ccccc3)c2C1c1ccccc1I. The van der Waals surface area contributed by atoms with Crippen molar-refractivity contribution in [1.29, 1.82) is 5.26 Å². The number of ether oxygens (including phenoxy) is 1. The number of halogens is 1. The number of allylic oxidation sites excluding steroid dienone is 1. The highest BCUT2D eigenvalue weighted by Gasteiger charge is 2.36. The number of fused-ring (bicyclic) bond motifs is 1. The van der Waals surface area contributed by atoms with Gasteiger partial charge in [-0.05, 0) is 39.8 Å². The first kappa shape index (κ1) is 15.7. The number of hydrogen-bond donors (Lipinski definition) is 2. The van der Waals surface area contributed by atoms with Crippen LogP contribution in [-0.4, -0.2) is 10.2 Å². The van der Waals surface area contributed by atoms with E-state index in [1.807, 2.05) is 54.6 Å². The van der Waals surface area contributed by atoms with E-state index in [2.05, 4.69) is 38.9 Å². The maximum absolute atomic E-state index is 9.71. The summed E-state index contributed by atoms with van der Waals surface area (Å²) in [7, 11) is 0. The minimum atomic E-state index is -0.323. The molecule has 1 atom stereocenters. The number of nitriles is 1. The van der Waals surface area contributed by atoms with Gasteiger partial charge in [-0.15, -0.1) is 5.10 Å². The van der Waals surface area contributed by atoms with Crippen molar-refractivity contribution >= 4 is 22.6 Å². The Morgan fingerprint density at radius 2 is 1.84 bits per heavy atom. The molecule has 0 saturated carbocycles. The molecule has 1 aromatic heterocycles. The number of H-pyrrole nitrogens is 1. The zero-order valence-corrected chi connectivity index (χ0v) is 15.2. The second-order valence-electron chi connectivity index (χ2n) is 5.63. The molecular weight excluding hydrogens is 427 g/mol. The first-order valence-electron chi connectivity index (χ1n) is 7.66. The average Bonchev–Trinajstić information content (AvgIpc) is 3.05. The van der Waals surface area contributed by atoms with Crippen LogP contribution in [0.2, 0.25) is 0 Å². The van der Waals surface area contributed by atoms with Crippen molar-refractivity contribution in [3.05, 3.63) is 80.8 Å². The highest BCUT2D eigenvalue weighted by atomic mass is 127. The Bertz CT molecular complexity index is 1020. The predicted octanol–water partition coefficient (Wildman–Crippen LogP) is 3.90. The summed E-state index contributed by atoms with van der Waals surface area (Å²) in [5.74, 6) is 0.196. The number of hydrogen-bond acceptors (Lipinski definition) is 4.